The van der Waals surface area contributed by atoms with E-state index < -0.39 is 34.6 Å². The third kappa shape index (κ3) is 4.30. The number of carbonyl (C=O) groups is 3. The highest BCUT2D eigenvalue weighted by molar-refractivity contribution is 8.02. The molecule has 1 spiro atoms. The first-order chi connectivity index (χ1) is 19.3. The van der Waals surface area contributed by atoms with Gasteiger partial charge in [-0.05, 0) is 49.1 Å². The van der Waals surface area contributed by atoms with Crippen LogP contribution in [0.2, 0.25) is 0 Å². The second kappa shape index (κ2) is 11.3. The largest absolute Gasteiger partial charge is 0.497 e. The van der Waals surface area contributed by atoms with Crippen molar-refractivity contribution in [1.29, 1.82) is 0 Å². The quantitative estimate of drug-likeness (QED) is 0.346. The van der Waals surface area contributed by atoms with Crippen LogP contribution in [0.25, 0.3) is 0 Å². The van der Waals surface area contributed by atoms with Gasteiger partial charge in [-0.2, -0.15) is 0 Å². The smallest absolute Gasteiger partial charge is 0.310 e. The van der Waals surface area contributed by atoms with E-state index in [9.17, 15) is 19.5 Å². The number of thioether (sulfide) groups is 1. The Hall–Kier alpha value is -3.30. The van der Waals surface area contributed by atoms with Crippen LogP contribution >= 0.6 is 11.8 Å². The van der Waals surface area contributed by atoms with Crippen LogP contribution in [0.4, 0.5) is 5.69 Å². The maximum Gasteiger partial charge on any atom is 0.310 e. The van der Waals surface area contributed by atoms with Crippen molar-refractivity contribution in [1.82, 2.24) is 4.90 Å². The highest BCUT2D eigenvalue weighted by atomic mass is 32.2. The Morgan fingerprint density at radius 3 is 2.52 bits per heavy atom. The molecule has 8 nitrogen and oxygen atoms in total. The number of methoxy groups -OCH3 is 1. The Morgan fingerprint density at radius 2 is 1.93 bits per heavy atom. The Kier molecular flexibility index (Phi) is 7.97. The van der Waals surface area contributed by atoms with E-state index in [2.05, 4.69) is 13.5 Å². The van der Waals surface area contributed by atoms with Crippen molar-refractivity contribution < 1.29 is 29.0 Å². The minimum absolute atomic E-state index is 0.0161. The molecule has 40 heavy (non-hydrogen) atoms. The molecule has 3 saturated heterocycles. The summed E-state index contributed by atoms with van der Waals surface area (Å²) in [4.78, 5) is 45.8. The zero-order chi connectivity index (χ0) is 28.6. The molecule has 212 valence electrons. The number of aliphatic hydroxyl groups excluding tert-OH is 1. The number of fused-ring (bicyclic) bond motifs is 1. The molecule has 3 fully saturated rings. The topological polar surface area (TPSA) is 96.4 Å². The first kappa shape index (κ1) is 28.2. The highest BCUT2D eigenvalue weighted by Gasteiger charge is 2.77. The van der Waals surface area contributed by atoms with Crippen LogP contribution in [0.1, 0.15) is 31.9 Å². The number of rotatable bonds is 10. The van der Waals surface area contributed by atoms with E-state index in [4.69, 9.17) is 9.47 Å². The first-order valence-corrected chi connectivity index (χ1v) is 14.6. The average Bonchev–Trinajstić information content (AvgIpc) is 3.56. The average molecular weight is 565 g/mol. The maximum absolute atomic E-state index is 14.8. The van der Waals surface area contributed by atoms with Gasteiger partial charge >= 0.3 is 5.97 Å². The maximum atomic E-state index is 14.8. The molecule has 2 aromatic carbocycles. The molecule has 0 aromatic heterocycles. The molecule has 3 unspecified atom stereocenters. The third-order valence-corrected chi connectivity index (χ3v) is 10.7. The van der Waals surface area contributed by atoms with Gasteiger partial charge in [0, 0.05) is 17.5 Å². The zero-order valence-electron chi connectivity index (χ0n) is 23.1. The second-order valence-electron chi connectivity index (χ2n) is 10.6. The van der Waals surface area contributed by atoms with Crippen LogP contribution in [0.15, 0.2) is 67.3 Å². The molecule has 0 aliphatic carbocycles. The van der Waals surface area contributed by atoms with E-state index in [0.717, 1.165) is 5.56 Å². The lowest BCUT2D eigenvalue weighted by atomic mass is 9.66. The zero-order valence-corrected chi connectivity index (χ0v) is 23.9. The molecule has 5 rings (SSSR count). The summed E-state index contributed by atoms with van der Waals surface area (Å²) < 4.78 is 9.92. The number of amides is 2. The normalized spacial score (nSPS) is 29.1. The number of aliphatic hydroxyl groups is 1. The molecule has 2 aromatic rings. The molecule has 9 heteroatoms. The van der Waals surface area contributed by atoms with Crippen LogP contribution in [-0.2, 0) is 19.1 Å². The predicted octanol–water partition coefficient (Wildman–Crippen LogP) is 3.85. The molecule has 2 bridgehead atoms. The van der Waals surface area contributed by atoms with Crippen molar-refractivity contribution >= 4 is 35.2 Å². The van der Waals surface area contributed by atoms with Crippen LogP contribution in [-0.4, -0.2) is 70.7 Å². The molecule has 3 aliphatic heterocycles. The summed E-state index contributed by atoms with van der Waals surface area (Å²) in [5.74, 6) is -1.66. The van der Waals surface area contributed by atoms with Gasteiger partial charge in [0.1, 0.15) is 11.8 Å². The minimum atomic E-state index is -0.908. The van der Waals surface area contributed by atoms with Crippen LogP contribution in [0.3, 0.4) is 0 Å². The Morgan fingerprint density at radius 1 is 1.23 bits per heavy atom. The SMILES string of the molecule is C=CCN(C(=O)C1N([C@H](CO)c2ccccc2)C(=O)[C@@H]2[C@H](C(=O)OCC)[C@@H]3CC(C)C12S3)c1ccc(OC)cc1. The van der Waals surface area contributed by atoms with E-state index in [1.165, 1.54) is 0 Å². The number of anilines is 1. The van der Waals surface area contributed by atoms with Gasteiger partial charge < -0.3 is 24.4 Å². The summed E-state index contributed by atoms with van der Waals surface area (Å²) in [6, 6.07) is 14.8. The van der Waals surface area contributed by atoms with Crippen LogP contribution in [0.5, 0.6) is 5.75 Å². The highest BCUT2D eigenvalue weighted by Crippen LogP contribution is 2.69. The summed E-state index contributed by atoms with van der Waals surface area (Å²) in [6.07, 6.45) is 2.36. The fourth-order valence-electron chi connectivity index (χ4n) is 6.97. The number of esters is 1. The predicted molar refractivity (Wildman–Crippen MR) is 154 cm³/mol. The van der Waals surface area contributed by atoms with Gasteiger partial charge in [0.25, 0.3) is 5.91 Å². The van der Waals surface area contributed by atoms with Gasteiger partial charge in [0.15, 0.2) is 0 Å². The third-order valence-electron chi connectivity index (χ3n) is 8.63. The van der Waals surface area contributed by atoms with Gasteiger partial charge in [-0.3, -0.25) is 14.4 Å². The number of carbonyl (C=O) groups excluding carboxylic acids is 3. The summed E-state index contributed by atoms with van der Waals surface area (Å²) >= 11 is 1.59. The number of hydrogen-bond acceptors (Lipinski definition) is 7. The summed E-state index contributed by atoms with van der Waals surface area (Å²) in [6.45, 7) is 7.79. The molecular formula is C31H36N2O6S. The number of likely N-dealkylation sites (tertiary alicyclic amines) is 1. The Bertz CT molecular complexity index is 1270. The molecule has 1 N–H and O–H groups in total. The van der Waals surface area contributed by atoms with Gasteiger partial charge in [0.2, 0.25) is 5.91 Å². The number of nitrogens with zero attached hydrogens (tertiary/aromatic N) is 2. The summed E-state index contributed by atoms with van der Waals surface area (Å²) in [7, 11) is 1.58. The van der Waals surface area contributed by atoms with Gasteiger partial charge in [-0.25, -0.2) is 0 Å². The Balaban J connectivity index is 1.66. The second-order valence-corrected chi connectivity index (χ2v) is 12.1. The van der Waals surface area contributed by atoms with Crippen molar-refractivity contribution in [3.05, 3.63) is 72.8 Å². The van der Waals surface area contributed by atoms with E-state index in [-0.39, 0.29) is 42.7 Å². The van der Waals surface area contributed by atoms with Crippen molar-refractivity contribution in [3.63, 3.8) is 0 Å². The molecule has 0 saturated carbocycles. The minimum Gasteiger partial charge on any atom is -0.497 e. The molecule has 2 amide bonds. The number of ether oxygens (including phenoxy) is 2. The van der Waals surface area contributed by atoms with Crippen molar-refractivity contribution in [3.8, 4) is 5.75 Å². The van der Waals surface area contributed by atoms with E-state index >= 15 is 0 Å². The molecule has 3 heterocycles. The van der Waals surface area contributed by atoms with Crippen molar-refractivity contribution in [2.24, 2.45) is 17.8 Å². The summed E-state index contributed by atoms with van der Waals surface area (Å²) in [5.41, 5.74) is 1.37. The lowest BCUT2D eigenvalue weighted by molar-refractivity contribution is -0.154. The van der Waals surface area contributed by atoms with E-state index in [0.29, 0.717) is 17.9 Å². The lowest BCUT2D eigenvalue weighted by Crippen LogP contribution is -2.58. The van der Waals surface area contributed by atoms with Crippen molar-refractivity contribution in [2.75, 3.05) is 31.8 Å². The van der Waals surface area contributed by atoms with Gasteiger partial charge in [0.05, 0.1) is 42.9 Å². The van der Waals surface area contributed by atoms with Gasteiger partial charge in [-0.15, -0.1) is 18.3 Å². The Labute approximate surface area is 239 Å². The fourth-order valence-corrected chi connectivity index (χ4v) is 9.36. The lowest BCUT2D eigenvalue weighted by Gasteiger charge is -2.42. The molecular weight excluding hydrogens is 528 g/mol. The molecule has 7 atom stereocenters. The van der Waals surface area contributed by atoms with Gasteiger partial charge in [-0.1, -0.05) is 43.3 Å². The molecule has 0 radical (unpaired) electrons. The summed E-state index contributed by atoms with van der Waals surface area (Å²) in [5, 5.41) is 10.6. The monoisotopic (exact) mass is 564 g/mol. The number of benzene rings is 2. The standard InChI is InChI=1S/C31H36N2O6S/c1-5-16-32(21-12-14-22(38-4)15-13-21)29(36)27-31-19(3)17-24(40-31)25(30(37)39-6-2)26(31)28(35)33(27)23(18-34)20-10-8-7-9-11-20/h5,7-15,19,23-27,34H,1,6,16-18H2,2-4H3/t19?,23-,24+,25-,26+,27?,31?/m1/s1. The van der Waals surface area contributed by atoms with E-state index in [1.54, 1.807) is 65.9 Å². The first-order valence-electron chi connectivity index (χ1n) is 13.7. The van der Waals surface area contributed by atoms with E-state index in [1.807, 2.05) is 30.3 Å². The van der Waals surface area contributed by atoms with Crippen LogP contribution < -0.4 is 9.64 Å². The number of hydrogen-bond donors (Lipinski definition) is 1. The fraction of sp³-hybridized carbons (Fsp3) is 0.452. The van der Waals surface area contributed by atoms with Crippen LogP contribution in [0, 0.1) is 17.8 Å². The molecule has 3 aliphatic rings. The van der Waals surface area contributed by atoms with Crippen molar-refractivity contribution in [2.45, 2.75) is 42.3 Å².